The van der Waals surface area contributed by atoms with E-state index < -0.39 is 28.0 Å². The molecule has 0 atom stereocenters. The van der Waals surface area contributed by atoms with Crippen molar-refractivity contribution in [2.24, 2.45) is 0 Å². The molecule has 0 saturated carbocycles. The maximum atomic E-state index is 13.1. The number of nitrogens with zero attached hydrogens (tertiary/aromatic N) is 3. The summed E-state index contributed by atoms with van der Waals surface area (Å²) in [7, 11) is 0. The van der Waals surface area contributed by atoms with Crippen LogP contribution in [0.15, 0.2) is 82.0 Å². The number of hydrogen-bond donors (Lipinski definition) is 0. The second-order valence-electron chi connectivity index (χ2n) is 8.80. The molecule has 0 radical (unpaired) electrons. The number of amides is 1. The second-order valence-corrected chi connectivity index (χ2v) is 8.80. The van der Waals surface area contributed by atoms with Gasteiger partial charge in [-0.2, -0.15) is 13.2 Å². The average Bonchev–Trinajstić information content (AvgIpc) is 2.91. The zero-order valence-electron chi connectivity index (χ0n) is 19.8. The molecule has 1 amide bonds. The van der Waals surface area contributed by atoms with E-state index in [0.717, 1.165) is 17.5 Å². The van der Waals surface area contributed by atoms with Gasteiger partial charge in [-0.1, -0.05) is 30.3 Å². The molecule has 8 nitrogen and oxygen atoms in total. The third kappa shape index (κ3) is 4.82. The van der Waals surface area contributed by atoms with Crippen molar-refractivity contribution in [3.05, 3.63) is 104 Å². The first-order valence-corrected chi connectivity index (χ1v) is 11.6. The molecular weight excluding hydrogens is 503 g/mol. The lowest BCUT2D eigenvalue weighted by molar-refractivity contribution is -0.384. The van der Waals surface area contributed by atoms with Crippen LogP contribution in [0.2, 0.25) is 0 Å². The van der Waals surface area contributed by atoms with E-state index in [9.17, 15) is 32.9 Å². The Morgan fingerprint density at radius 2 is 1.61 bits per heavy atom. The molecule has 1 aliphatic heterocycles. The molecule has 2 heterocycles. The van der Waals surface area contributed by atoms with E-state index in [1.807, 2.05) is 12.1 Å². The van der Waals surface area contributed by atoms with Gasteiger partial charge < -0.3 is 14.2 Å². The lowest BCUT2D eigenvalue weighted by Crippen LogP contribution is -2.49. The molecule has 38 heavy (non-hydrogen) atoms. The summed E-state index contributed by atoms with van der Waals surface area (Å²) in [5.74, 6) is -0.260. The van der Waals surface area contributed by atoms with Crippen LogP contribution in [-0.2, 0) is 6.18 Å². The highest BCUT2D eigenvalue weighted by Gasteiger charge is 2.34. The monoisotopic (exact) mass is 523 g/mol. The van der Waals surface area contributed by atoms with Crippen molar-refractivity contribution in [2.45, 2.75) is 6.18 Å². The summed E-state index contributed by atoms with van der Waals surface area (Å²) in [5, 5.41) is 12.2. The summed E-state index contributed by atoms with van der Waals surface area (Å²) in [4.78, 5) is 39.3. The molecule has 0 unspecified atom stereocenters. The third-order valence-corrected chi connectivity index (χ3v) is 6.49. The first kappa shape index (κ1) is 25.0. The number of benzene rings is 3. The lowest BCUT2D eigenvalue weighted by Gasteiger charge is -2.36. The number of piperazine rings is 1. The highest BCUT2D eigenvalue weighted by Crippen LogP contribution is 2.37. The van der Waals surface area contributed by atoms with Crippen molar-refractivity contribution in [3.63, 3.8) is 0 Å². The minimum atomic E-state index is -4.69. The van der Waals surface area contributed by atoms with Gasteiger partial charge in [0.25, 0.3) is 11.6 Å². The van der Waals surface area contributed by atoms with Crippen LogP contribution in [0, 0.1) is 10.1 Å². The largest absolute Gasteiger partial charge is 0.422 e. The number of fused-ring (bicyclic) bond motifs is 1. The molecule has 4 aromatic rings. The van der Waals surface area contributed by atoms with Crippen LogP contribution in [0.4, 0.5) is 24.5 Å². The molecule has 1 fully saturated rings. The molecule has 0 aliphatic carbocycles. The number of nitro groups is 1. The molecule has 1 aromatic heterocycles. The fourth-order valence-corrected chi connectivity index (χ4v) is 4.50. The third-order valence-electron chi connectivity index (χ3n) is 6.49. The summed E-state index contributed by atoms with van der Waals surface area (Å²) in [6, 6.07) is 17.9. The Morgan fingerprint density at radius 1 is 0.921 bits per heavy atom. The fraction of sp³-hybridized carbons (Fsp3) is 0.185. The van der Waals surface area contributed by atoms with Gasteiger partial charge >= 0.3 is 11.8 Å². The van der Waals surface area contributed by atoms with Crippen molar-refractivity contribution < 1.29 is 27.3 Å². The van der Waals surface area contributed by atoms with E-state index in [2.05, 4.69) is 0 Å². The molecule has 1 aliphatic rings. The number of hydrogen-bond acceptors (Lipinski definition) is 6. The van der Waals surface area contributed by atoms with Crippen LogP contribution in [0.1, 0.15) is 15.9 Å². The summed E-state index contributed by atoms with van der Waals surface area (Å²) in [5.41, 5.74) is -0.290. The van der Waals surface area contributed by atoms with E-state index in [1.54, 1.807) is 52.3 Å². The summed E-state index contributed by atoms with van der Waals surface area (Å²) < 4.78 is 44.4. The van der Waals surface area contributed by atoms with E-state index in [4.69, 9.17) is 4.42 Å². The minimum Gasteiger partial charge on any atom is -0.422 e. The Hall–Kier alpha value is -4.67. The maximum Gasteiger partial charge on any atom is 0.416 e. The fourth-order valence-electron chi connectivity index (χ4n) is 4.50. The summed E-state index contributed by atoms with van der Waals surface area (Å²) >= 11 is 0. The standard InChI is InChI=1S/C27H20F3N3O5/c28-27(29,30)20-9-10-22(23(16-20)33(36)37)31-11-13-32(14-12-31)25(34)18-7-5-17(6-8-18)21-15-19-3-1-2-4-24(19)38-26(21)35/h1-10,15-16H,11-14H2. The van der Waals surface area contributed by atoms with Crippen molar-refractivity contribution in [1.29, 1.82) is 0 Å². The first-order valence-electron chi connectivity index (χ1n) is 11.6. The number of carbonyl (C=O) groups is 1. The molecule has 0 spiro atoms. The Morgan fingerprint density at radius 3 is 2.26 bits per heavy atom. The SMILES string of the molecule is O=C(c1ccc(-c2cc3ccccc3oc2=O)cc1)N1CCN(c2ccc(C(F)(F)F)cc2[N+](=O)[O-])CC1. The van der Waals surface area contributed by atoms with E-state index in [1.165, 1.54) is 0 Å². The molecule has 1 saturated heterocycles. The number of carbonyl (C=O) groups excluding carboxylic acids is 1. The number of halogens is 3. The summed E-state index contributed by atoms with van der Waals surface area (Å²) in [6.07, 6.45) is -4.69. The summed E-state index contributed by atoms with van der Waals surface area (Å²) in [6.45, 7) is 0.891. The van der Waals surface area contributed by atoms with Crippen LogP contribution < -0.4 is 10.5 Å². The number of anilines is 1. The number of rotatable bonds is 4. The zero-order valence-corrected chi connectivity index (χ0v) is 19.8. The molecule has 3 aromatic carbocycles. The number of nitro benzene ring substituents is 1. The van der Waals surface area contributed by atoms with Crippen LogP contribution in [0.25, 0.3) is 22.1 Å². The Kier molecular flexibility index (Phi) is 6.35. The Balaban J connectivity index is 1.29. The van der Waals surface area contributed by atoms with Crippen LogP contribution in [0.3, 0.4) is 0 Å². The molecule has 0 N–H and O–H groups in total. The lowest BCUT2D eigenvalue weighted by atomic mass is 10.0. The van der Waals surface area contributed by atoms with Crippen molar-refractivity contribution >= 4 is 28.3 Å². The van der Waals surface area contributed by atoms with Gasteiger partial charge in [-0.25, -0.2) is 4.79 Å². The second kappa shape index (κ2) is 9.66. The molecule has 0 bridgehead atoms. The van der Waals surface area contributed by atoms with Gasteiger partial charge in [-0.3, -0.25) is 14.9 Å². The van der Waals surface area contributed by atoms with Gasteiger partial charge in [0.1, 0.15) is 11.3 Å². The quantitative estimate of drug-likeness (QED) is 0.203. The molecule has 11 heteroatoms. The normalized spacial score (nSPS) is 14.1. The van der Waals surface area contributed by atoms with Crippen molar-refractivity contribution in [3.8, 4) is 11.1 Å². The molecule has 194 valence electrons. The highest BCUT2D eigenvalue weighted by molar-refractivity contribution is 5.95. The number of para-hydroxylation sites is 1. The maximum absolute atomic E-state index is 13.1. The van der Waals surface area contributed by atoms with Crippen LogP contribution in [-0.4, -0.2) is 41.9 Å². The van der Waals surface area contributed by atoms with Gasteiger partial charge in [0, 0.05) is 43.2 Å². The van der Waals surface area contributed by atoms with Crippen LogP contribution in [0.5, 0.6) is 0 Å². The Labute approximate surface area is 213 Å². The molecular formula is C27H20F3N3O5. The van der Waals surface area contributed by atoms with E-state index in [0.29, 0.717) is 28.3 Å². The van der Waals surface area contributed by atoms with Gasteiger partial charge in [-0.05, 0) is 42.0 Å². The molecule has 5 rings (SSSR count). The van der Waals surface area contributed by atoms with Gasteiger partial charge in [0.2, 0.25) is 0 Å². The Bertz CT molecular complexity index is 1590. The number of alkyl halides is 3. The smallest absolute Gasteiger partial charge is 0.416 e. The van der Waals surface area contributed by atoms with E-state index in [-0.39, 0.29) is 37.8 Å². The van der Waals surface area contributed by atoms with Gasteiger partial charge in [-0.15, -0.1) is 0 Å². The predicted octanol–water partition coefficient (Wildman–Crippen LogP) is 5.35. The average molecular weight is 523 g/mol. The minimum absolute atomic E-state index is 0.0775. The topological polar surface area (TPSA) is 96.9 Å². The van der Waals surface area contributed by atoms with Crippen molar-refractivity contribution in [1.82, 2.24) is 4.90 Å². The van der Waals surface area contributed by atoms with Gasteiger partial charge in [0.05, 0.1) is 16.1 Å². The predicted molar refractivity (Wildman–Crippen MR) is 134 cm³/mol. The van der Waals surface area contributed by atoms with E-state index >= 15 is 0 Å². The van der Waals surface area contributed by atoms with Crippen molar-refractivity contribution in [2.75, 3.05) is 31.1 Å². The zero-order chi connectivity index (χ0) is 27.0. The van der Waals surface area contributed by atoms with Gasteiger partial charge in [0.15, 0.2) is 0 Å². The highest BCUT2D eigenvalue weighted by atomic mass is 19.4. The first-order chi connectivity index (χ1) is 18.1. The van der Waals surface area contributed by atoms with Crippen LogP contribution >= 0.6 is 0 Å².